The Bertz CT molecular complexity index is 577. The van der Waals surface area contributed by atoms with Crippen LogP contribution in [-0.4, -0.2) is 61.6 Å². The third-order valence-electron chi connectivity index (χ3n) is 4.15. The summed E-state index contributed by atoms with van der Waals surface area (Å²) in [5.41, 5.74) is 0.386. The van der Waals surface area contributed by atoms with Crippen molar-refractivity contribution in [2.24, 2.45) is 0 Å². The number of carbonyl (C=O) groups is 2. The first-order valence-corrected chi connectivity index (χ1v) is 8.62. The fourth-order valence-corrected chi connectivity index (χ4v) is 2.69. The summed E-state index contributed by atoms with van der Waals surface area (Å²) in [6.45, 7) is 7.21. The van der Waals surface area contributed by atoms with Crippen molar-refractivity contribution in [3.63, 3.8) is 0 Å². The third-order valence-corrected chi connectivity index (χ3v) is 4.15. The highest BCUT2D eigenvalue weighted by atomic mass is 19.1. The summed E-state index contributed by atoms with van der Waals surface area (Å²) in [5.74, 6) is -0.770. The number of hydrogen-bond acceptors (Lipinski definition) is 4. The lowest BCUT2D eigenvalue weighted by Crippen LogP contribution is -2.47. The second-order valence-electron chi connectivity index (χ2n) is 6.40. The summed E-state index contributed by atoms with van der Waals surface area (Å²) >= 11 is 0. The maximum Gasteiger partial charge on any atom is 0.251 e. The van der Waals surface area contributed by atoms with Gasteiger partial charge in [-0.3, -0.25) is 14.5 Å². The van der Waals surface area contributed by atoms with Crippen molar-refractivity contribution in [1.29, 1.82) is 0 Å². The smallest absolute Gasteiger partial charge is 0.251 e. The molecule has 138 valence electrons. The van der Waals surface area contributed by atoms with Crippen LogP contribution in [0.25, 0.3) is 0 Å². The van der Waals surface area contributed by atoms with E-state index in [0.29, 0.717) is 37.7 Å². The molecule has 1 aliphatic heterocycles. The van der Waals surface area contributed by atoms with E-state index in [-0.39, 0.29) is 23.7 Å². The Hall–Kier alpha value is -1.99. The van der Waals surface area contributed by atoms with Crippen LogP contribution in [0.5, 0.6) is 0 Å². The number of morpholine rings is 1. The minimum atomic E-state index is -0.384. The van der Waals surface area contributed by atoms with Crippen LogP contribution in [0.2, 0.25) is 0 Å². The molecule has 2 rings (SSSR count). The first-order valence-electron chi connectivity index (χ1n) is 8.62. The second kappa shape index (κ2) is 9.48. The Morgan fingerprint density at radius 1 is 1.24 bits per heavy atom. The highest BCUT2D eigenvalue weighted by Crippen LogP contribution is 2.11. The fraction of sp³-hybridized carbons (Fsp3) is 0.556. The summed E-state index contributed by atoms with van der Waals surface area (Å²) in [4.78, 5) is 26.1. The molecule has 1 heterocycles. The van der Waals surface area contributed by atoms with Crippen molar-refractivity contribution < 1.29 is 18.7 Å². The Morgan fingerprint density at radius 3 is 2.60 bits per heavy atom. The summed E-state index contributed by atoms with van der Waals surface area (Å²) in [7, 11) is 0. The van der Waals surface area contributed by atoms with Crippen LogP contribution in [0.4, 0.5) is 4.39 Å². The van der Waals surface area contributed by atoms with Gasteiger partial charge in [-0.05, 0) is 38.1 Å². The summed E-state index contributed by atoms with van der Waals surface area (Å²) in [6, 6.07) is 5.76. The fourth-order valence-electron chi connectivity index (χ4n) is 2.69. The molecule has 7 heteroatoms. The quantitative estimate of drug-likeness (QED) is 0.724. The molecule has 1 aromatic carbocycles. The average Bonchev–Trinajstić information content (AvgIpc) is 2.59. The topological polar surface area (TPSA) is 70.7 Å². The van der Waals surface area contributed by atoms with Gasteiger partial charge in [-0.25, -0.2) is 4.39 Å². The maximum absolute atomic E-state index is 12.8. The molecule has 25 heavy (non-hydrogen) atoms. The van der Waals surface area contributed by atoms with Crippen LogP contribution in [0.1, 0.15) is 30.6 Å². The predicted octanol–water partition coefficient (Wildman–Crippen LogP) is 1.17. The normalized spacial score (nSPS) is 18.2. The lowest BCUT2D eigenvalue weighted by atomic mass is 10.1. The van der Waals surface area contributed by atoms with Gasteiger partial charge in [0.05, 0.1) is 19.1 Å². The monoisotopic (exact) mass is 351 g/mol. The second-order valence-corrected chi connectivity index (χ2v) is 6.40. The van der Waals surface area contributed by atoms with Crippen molar-refractivity contribution >= 4 is 11.8 Å². The number of carbonyl (C=O) groups excluding carboxylic acids is 2. The zero-order chi connectivity index (χ0) is 18.2. The van der Waals surface area contributed by atoms with Crippen molar-refractivity contribution in [2.75, 3.05) is 32.8 Å². The molecule has 6 nitrogen and oxygen atoms in total. The predicted molar refractivity (Wildman–Crippen MR) is 92.8 cm³/mol. The Labute approximate surface area is 147 Å². The molecule has 2 amide bonds. The molecule has 1 atom stereocenters. The molecular weight excluding hydrogens is 325 g/mol. The van der Waals surface area contributed by atoms with E-state index in [9.17, 15) is 14.0 Å². The molecule has 1 aromatic rings. The molecule has 0 saturated carbocycles. The Balaban J connectivity index is 1.63. The van der Waals surface area contributed by atoms with Gasteiger partial charge in [-0.2, -0.15) is 0 Å². The SMILES string of the molecule is CC(C)N1CCOC(CC(=O)NCCNC(=O)c2ccc(F)cc2)C1. The van der Waals surface area contributed by atoms with Gasteiger partial charge in [-0.1, -0.05) is 0 Å². The molecule has 1 aliphatic rings. The molecule has 0 bridgehead atoms. The Kier molecular flexibility index (Phi) is 7.33. The average molecular weight is 351 g/mol. The molecular formula is C18H26FN3O3. The van der Waals surface area contributed by atoms with Gasteiger partial charge in [0, 0.05) is 37.8 Å². The zero-order valence-electron chi connectivity index (χ0n) is 14.8. The zero-order valence-corrected chi connectivity index (χ0v) is 14.8. The van der Waals surface area contributed by atoms with E-state index in [2.05, 4.69) is 29.4 Å². The summed E-state index contributed by atoms with van der Waals surface area (Å²) in [5, 5.41) is 5.46. The number of ether oxygens (including phenoxy) is 1. The number of nitrogens with one attached hydrogen (secondary N) is 2. The number of halogens is 1. The highest BCUT2D eigenvalue weighted by molar-refractivity contribution is 5.94. The van der Waals surface area contributed by atoms with Gasteiger partial charge in [0.2, 0.25) is 5.91 Å². The first-order chi connectivity index (χ1) is 12.0. The van der Waals surface area contributed by atoms with Crippen molar-refractivity contribution in [3.8, 4) is 0 Å². The number of benzene rings is 1. The molecule has 1 unspecified atom stereocenters. The van der Waals surface area contributed by atoms with Crippen molar-refractivity contribution in [3.05, 3.63) is 35.6 Å². The lowest BCUT2D eigenvalue weighted by molar-refractivity contribution is -0.126. The van der Waals surface area contributed by atoms with Crippen LogP contribution in [-0.2, 0) is 9.53 Å². The maximum atomic E-state index is 12.8. The van der Waals surface area contributed by atoms with E-state index in [1.54, 1.807) is 0 Å². The standard InChI is InChI=1S/C18H26FN3O3/c1-13(2)22-9-10-25-16(12-22)11-17(23)20-7-8-21-18(24)14-3-5-15(19)6-4-14/h3-6,13,16H,7-12H2,1-2H3,(H,20,23)(H,21,24). The number of amides is 2. The van der Waals surface area contributed by atoms with E-state index < -0.39 is 0 Å². The lowest BCUT2D eigenvalue weighted by Gasteiger charge is -2.35. The Morgan fingerprint density at radius 2 is 1.92 bits per heavy atom. The van der Waals surface area contributed by atoms with E-state index in [4.69, 9.17) is 4.74 Å². The number of nitrogens with zero attached hydrogens (tertiary/aromatic N) is 1. The third kappa shape index (κ3) is 6.43. The van der Waals surface area contributed by atoms with Crippen LogP contribution in [0, 0.1) is 5.82 Å². The van der Waals surface area contributed by atoms with Crippen molar-refractivity contribution in [2.45, 2.75) is 32.4 Å². The minimum absolute atomic E-state index is 0.0911. The molecule has 1 fully saturated rings. The van der Waals surface area contributed by atoms with Crippen LogP contribution >= 0.6 is 0 Å². The van der Waals surface area contributed by atoms with E-state index in [1.165, 1.54) is 24.3 Å². The van der Waals surface area contributed by atoms with Gasteiger partial charge in [0.15, 0.2) is 0 Å². The van der Waals surface area contributed by atoms with Gasteiger partial charge in [0.1, 0.15) is 5.82 Å². The largest absolute Gasteiger partial charge is 0.375 e. The molecule has 1 saturated heterocycles. The first kappa shape index (κ1) is 19.3. The molecule has 0 radical (unpaired) electrons. The number of hydrogen-bond donors (Lipinski definition) is 2. The van der Waals surface area contributed by atoms with Crippen LogP contribution < -0.4 is 10.6 Å². The molecule has 0 spiro atoms. The number of rotatable bonds is 7. The van der Waals surface area contributed by atoms with Crippen LogP contribution in [0.15, 0.2) is 24.3 Å². The molecule has 0 aromatic heterocycles. The van der Waals surface area contributed by atoms with E-state index in [1.807, 2.05) is 0 Å². The molecule has 2 N–H and O–H groups in total. The summed E-state index contributed by atoms with van der Waals surface area (Å²) in [6.07, 6.45) is 0.222. The molecule has 0 aliphatic carbocycles. The minimum Gasteiger partial charge on any atom is -0.375 e. The van der Waals surface area contributed by atoms with Gasteiger partial charge < -0.3 is 15.4 Å². The van der Waals surface area contributed by atoms with Gasteiger partial charge >= 0.3 is 0 Å². The summed E-state index contributed by atoms with van der Waals surface area (Å²) < 4.78 is 18.5. The van der Waals surface area contributed by atoms with Gasteiger partial charge in [-0.15, -0.1) is 0 Å². The van der Waals surface area contributed by atoms with E-state index in [0.717, 1.165) is 13.1 Å². The van der Waals surface area contributed by atoms with E-state index >= 15 is 0 Å². The van der Waals surface area contributed by atoms with Crippen molar-refractivity contribution in [1.82, 2.24) is 15.5 Å². The van der Waals surface area contributed by atoms with Gasteiger partial charge in [0.25, 0.3) is 5.91 Å². The highest BCUT2D eigenvalue weighted by Gasteiger charge is 2.24. The van der Waals surface area contributed by atoms with Crippen LogP contribution in [0.3, 0.4) is 0 Å².